The molecule has 1 aromatic rings. The van der Waals surface area contributed by atoms with E-state index in [4.69, 9.17) is 23.2 Å². The van der Waals surface area contributed by atoms with Gasteiger partial charge in [-0.2, -0.15) is 0 Å². The molecule has 4 heteroatoms. The number of halogens is 2. The van der Waals surface area contributed by atoms with Crippen LogP contribution in [0.4, 0.5) is 0 Å². The summed E-state index contributed by atoms with van der Waals surface area (Å²) in [7, 11) is 0. The number of rotatable bonds is 3. The number of alkyl halides is 2. The van der Waals surface area contributed by atoms with Crippen molar-refractivity contribution in [2.45, 2.75) is 24.2 Å². The number of nitrogens with one attached hydrogen (secondary N) is 1. The van der Waals surface area contributed by atoms with Crippen LogP contribution in [-0.4, -0.2) is 0 Å². The molecule has 0 spiro atoms. The van der Waals surface area contributed by atoms with Gasteiger partial charge in [0.05, 0.1) is 0 Å². The SMILES string of the molecule is CC(C)c1ccc(C(Cl)(Cl)[NH][Ru])cc1. The van der Waals surface area contributed by atoms with Gasteiger partial charge in [0.25, 0.3) is 0 Å². The minimum absolute atomic E-state index is 0.522. The van der Waals surface area contributed by atoms with Crippen molar-refractivity contribution in [1.82, 2.24) is 4.06 Å². The Bertz CT molecular complexity index is 295. The predicted molar refractivity (Wildman–Crippen MR) is 57.1 cm³/mol. The van der Waals surface area contributed by atoms with E-state index in [1.54, 1.807) is 0 Å². The van der Waals surface area contributed by atoms with Crippen LogP contribution in [-0.2, 0) is 23.0 Å². The van der Waals surface area contributed by atoms with E-state index in [-0.39, 0.29) is 0 Å². The van der Waals surface area contributed by atoms with Crippen molar-refractivity contribution >= 4 is 23.2 Å². The first-order chi connectivity index (χ1) is 6.47. The van der Waals surface area contributed by atoms with Gasteiger partial charge < -0.3 is 0 Å². The first-order valence-corrected chi connectivity index (χ1v) is 5.94. The Hall–Kier alpha value is 0.383. The van der Waals surface area contributed by atoms with Gasteiger partial charge in [-0.15, -0.1) is 0 Å². The molecule has 0 radical (unpaired) electrons. The third kappa shape index (κ3) is 2.93. The van der Waals surface area contributed by atoms with Crippen molar-refractivity contribution in [3.63, 3.8) is 0 Å². The van der Waals surface area contributed by atoms with E-state index in [9.17, 15) is 0 Å². The van der Waals surface area contributed by atoms with Crippen molar-refractivity contribution in [2.75, 3.05) is 0 Å². The van der Waals surface area contributed by atoms with Crippen molar-refractivity contribution in [2.24, 2.45) is 0 Å². The molecule has 0 amide bonds. The van der Waals surface area contributed by atoms with Crippen molar-refractivity contribution in [3.8, 4) is 0 Å². The molecule has 1 aromatic carbocycles. The van der Waals surface area contributed by atoms with Crippen LogP contribution in [0.3, 0.4) is 0 Å². The maximum atomic E-state index is 6.01. The third-order valence-corrected chi connectivity index (χ3v) is 3.82. The summed E-state index contributed by atoms with van der Waals surface area (Å²) in [5.41, 5.74) is 2.13. The summed E-state index contributed by atoms with van der Waals surface area (Å²) in [5.74, 6) is 0.522. The fourth-order valence-corrected chi connectivity index (χ4v) is 1.63. The predicted octanol–water partition coefficient (Wildman–Crippen LogP) is 3.45. The van der Waals surface area contributed by atoms with E-state index < -0.39 is 4.46 Å². The average Bonchev–Trinajstić information content (AvgIpc) is 2.18. The zero-order chi connectivity index (χ0) is 10.8. The van der Waals surface area contributed by atoms with E-state index in [0.29, 0.717) is 5.92 Å². The zero-order valence-electron chi connectivity index (χ0n) is 8.00. The molecule has 0 saturated heterocycles. The van der Waals surface area contributed by atoms with Gasteiger partial charge in [0.15, 0.2) is 0 Å². The van der Waals surface area contributed by atoms with Crippen molar-refractivity contribution < 1.29 is 18.5 Å². The van der Waals surface area contributed by atoms with Crippen LogP contribution >= 0.6 is 23.2 Å². The number of benzene rings is 1. The Morgan fingerprint density at radius 1 is 1.21 bits per heavy atom. The molecule has 1 nitrogen and oxygen atoms in total. The molecule has 0 aliphatic rings. The summed E-state index contributed by atoms with van der Waals surface area (Å²) in [6.07, 6.45) is 0. The summed E-state index contributed by atoms with van der Waals surface area (Å²) in [4.78, 5) is 0. The molecule has 0 aromatic heterocycles. The molecular formula is C10H12Cl2NRu. The second-order valence-corrected chi connectivity index (χ2v) is 5.20. The Labute approximate surface area is 105 Å². The Morgan fingerprint density at radius 2 is 1.71 bits per heavy atom. The molecule has 0 saturated carbocycles. The summed E-state index contributed by atoms with van der Waals surface area (Å²) in [6, 6.07) is 7.97. The first-order valence-electron chi connectivity index (χ1n) is 4.32. The summed E-state index contributed by atoms with van der Waals surface area (Å²) in [5, 5.41) is 0. The second kappa shape index (κ2) is 4.94. The fraction of sp³-hybridized carbons (Fsp3) is 0.400. The number of hydrogen-bond acceptors (Lipinski definition) is 1. The molecule has 0 aliphatic carbocycles. The maximum absolute atomic E-state index is 6.01. The van der Waals surface area contributed by atoms with Gasteiger partial charge in [-0.05, 0) is 0 Å². The Morgan fingerprint density at radius 3 is 2.07 bits per heavy atom. The van der Waals surface area contributed by atoms with E-state index in [1.807, 2.05) is 24.3 Å². The molecule has 1 rings (SSSR count). The van der Waals surface area contributed by atoms with Crippen LogP contribution in [0.15, 0.2) is 24.3 Å². The van der Waals surface area contributed by atoms with Gasteiger partial charge in [0.1, 0.15) is 0 Å². The topological polar surface area (TPSA) is 12.0 Å². The third-order valence-electron chi connectivity index (χ3n) is 2.05. The van der Waals surface area contributed by atoms with E-state index in [1.165, 1.54) is 5.56 Å². The van der Waals surface area contributed by atoms with Gasteiger partial charge in [-0.3, -0.25) is 0 Å². The van der Waals surface area contributed by atoms with Gasteiger partial charge in [-0.25, -0.2) is 0 Å². The van der Waals surface area contributed by atoms with Gasteiger partial charge in [0.2, 0.25) is 0 Å². The molecule has 1 N–H and O–H groups in total. The van der Waals surface area contributed by atoms with Gasteiger partial charge in [-0.1, -0.05) is 0 Å². The minimum atomic E-state index is -1.02. The van der Waals surface area contributed by atoms with Crippen LogP contribution in [0.2, 0.25) is 0 Å². The molecule has 0 aliphatic heterocycles. The second-order valence-electron chi connectivity index (χ2n) is 3.44. The summed E-state index contributed by atoms with van der Waals surface area (Å²) in [6.45, 7) is 4.30. The Kier molecular flexibility index (Phi) is 4.39. The van der Waals surface area contributed by atoms with E-state index >= 15 is 0 Å². The van der Waals surface area contributed by atoms with Crippen LogP contribution < -0.4 is 4.06 Å². The molecule has 0 atom stereocenters. The standard InChI is InChI=1S/C10H12Cl2N.Ru/c1-7(2)8-3-5-9(6-4-8)10(11,12)13;/h3-7,13H,1-2H3;/q-1;+1. The molecule has 79 valence electrons. The fourth-order valence-electron chi connectivity index (χ4n) is 1.13. The number of hydrogen-bond donors (Lipinski definition) is 1. The van der Waals surface area contributed by atoms with Gasteiger partial charge >= 0.3 is 105 Å². The van der Waals surface area contributed by atoms with Gasteiger partial charge in [0, 0.05) is 0 Å². The van der Waals surface area contributed by atoms with Crippen LogP contribution in [0, 0.1) is 0 Å². The normalized spacial score (nSPS) is 12.1. The molecule has 0 fully saturated rings. The zero-order valence-corrected chi connectivity index (χ0v) is 11.2. The van der Waals surface area contributed by atoms with E-state index in [0.717, 1.165) is 5.56 Å². The summed E-state index contributed by atoms with van der Waals surface area (Å²) >= 11 is 14.3. The van der Waals surface area contributed by atoms with E-state index in [2.05, 4.69) is 36.4 Å². The Balaban J connectivity index is 2.94. The average molecular weight is 318 g/mol. The molecule has 0 bridgehead atoms. The molecule has 0 unspecified atom stereocenters. The first kappa shape index (κ1) is 12.5. The van der Waals surface area contributed by atoms with Crippen molar-refractivity contribution in [3.05, 3.63) is 35.4 Å². The molecule has 0 heterocycles. The monoisotopic (exact) mass is 318 g/mol. The molecular weight excluding hydrogens is 306 g/mol. The molecule has 14 heavy (non-hydrogen) atoms. The van der Waals surface area contributed by atoms with Crippen LogP contribution in [0.5, 0.6) is 0 Å². The summed E-state index contributed by atoms with van der Waals surface area (Å²) < 4.78 is 1.75. The van der Waals surface area contributed by atoms with Crippen molar-refractivity contribution in [1.29, 1.82) is 0 Å². The van der Waals surface area contributed by atoms with Crippen LogP contribution in [0.1, 0.15) is 30.9 Å². The van der Waals surface area contributed by atoms with Crippen LogP contribution in [0.25, 0.3) is 0 Å². The quantitative estimate of drug-likeness (QED) is 0.511.